The maximum absolute atomic E-state index is 12.9. The molecular formula is C18H19N3O3S. The number of benzene rings is 1. The zero-order chi connectivity index (χ0) is 17.4. The van der Waals surface area contributed by atoms with E-state index in [-0.39, 0.29) is 11.7 Å². The van der Waals surface area contributed by atoms with Crippen molar-refractivity contribution in [3.8, 4) is 22.2 Å². The van der Waals surface area contributed by atoms with Gasteiger partial charge in [0.1, 0.15) is 11.5 Å². The van der Waals surface area contributed by atoms with Gasteiger partial charge in [-0.05, 0) is 42.0 Å². The van der Waals surface area contributed by atoms with Crippen molar-refractivity contribution in [2.45, 2.75) is 25.4 Å². The molecule has 0 amide bonds. The van der Waals surface area contributed by atoms with Crippen LogP contribution in [0.3, 0.4) is 0 Å². The highest BCUT2D eigenvalue weighted by atomic mass is 32.1. The maximum atomic E-state index is 12.9. The Morgan fingerprint density at radius 1 is 1.20 bits per heavy atom. The monoisotopic (exact) mass is 357 g/mol. The fraction of sp³-hybridized carbons (Fsp3) is 0.333. The van der Waals surface area contributed by atoms with Gasteiger partial charge in [0, 0.05) is 12.1 Å². The van der Waals surface area contributed by atoms with E-state index in [1.54, 1.807) is 25.6 Å². The van der Waals surface area contributed by atoms with Gasteiger partial charge in [0.2, 0.25) is 0 Å². The van der Waals surface area contributed by atoms with E-state index in [2.05, 4.69) is 5.10 Å². The summed E-state index contributed by atoms with van der Waals surface area (Å²) < 4.78 is 14.0. The fourth-order valence-electron chi connectivity index (χ4n) is 2.89. The molecule has 2 aromatic heterocycles. The van der Waals surface area contributed by atoms with Gasteiger partial charge >= 0.3 is 5.69 Å². The summed E-state index contributed by atoms with van der Waals surface area (Å²) in [6.45, 7) is 0.379. The first-order valence-electron chi connectivity index (χ1n) is 8.14. The van der Waals surface area contributed by atoms with E-state index in [0.29, 0.717) is 18.0 Å². The smallest absolute Gasteiger partial charge is 0.346 e. The highest BCUT2D eigenvalue weighted by molar-refractivity contribution is 7.13. The molecule has 0 radical (unpaired) electrons. The average Bonchev–Trinajstić information content (AvgIpc) is 3.21. The topological polar surface area (TPSA) is 58.3 Å². The second-order valence-corrected chi connectivity index (χ2v) is 7.01. The molecular weight excluding hydrogens is 338 g/mol. The Hall–Kier alpha value is -2.54. The first kappa shape index (κ1) is 16.0. The van der Waals surface area contributed by atoms with Gasteiger partial charge in [-0.25, -0.2) is 9.48 Å². The minimum absolute atomic E-state index is 0.0623. The lowest BCUT2D eigenvalue weighted by Gasteiger charge is -2.08. The Kier molecular flexibility index (Phi) is 4.09. The summed E-state index contributed by atoms with van der Waals surface area (Å²) >= 11 is 1.60. The van der Waals surface area contributed by atoms with Crippen molar-refractivity contribution in [3.63, 3.8) is 0 Å². The maximum Gasteiger partial charge on any atom is 0.346 e. The molecule has 1 fully saturated rings. The highest BCUT2D eigenvalue weighted by Gasteiger charge is 2.30. The standard InChI is InChI=1S/C18H19N3O3S/c1-23-14-8-12(9-15(10-14)24-2)11-20-18(22)21(13-5-6-13)17(19-20)16-4-3-7-25-16/h3-4,7-10,13H,5-6,11H2,1-2H3. The third-order valence-corrected chi connectivity index (χ3v) is 5.13. The normalized spacial score (nSPS) is 13.8. The Bertz CT molecular complexity index is 917. The van der Waals surface area contributed by atoms with Crippen LogP contribution < -0.4 is 15.2 Å². The van der Waals surface area contributed by atoms with Crippen LogP contribution in [0.1, 0.15) is 24.4 Å². The van der Waals surface area contributed by atoms with Crippen molar-refractivity contribution < 1.29 is 9.47 Å². The molecule has 0 atom stereocenters. The molecule has 2 heterocycles. The molecule has 1 saturated carbocycles. The van der Waals surface area contributed by atoms with Gasteiger partial charge in [-0.15, -0.1) is 16.4 Å². The zero-order valence-corrected chi connectivity index (χ0v) is 15.0. The van der Waals surface area contributed by atoms with Crippen LogP contribution in [0, 0.1) is 0 Å². The van der Waals surface area contributed by atoms with E-state index in [4.69, 9.17) is 9.47 Å². The lowest BCUT2D eigenvalue weighted by atomic mass is 10.2. The van der Waals surface area contributed by atoms with Crippen molar-refractivity contribution in [2.75, 3.05) is 14.2 Å². The van der Waals surface area contributed by atoms with Crippen molar-refractivity contribution in [1.82, 2.24) is 14.3 Å². The van der Waals surface area contributed by atoms with Crippen LogP contribution in [0.2, 0.25) is 0 Å². The van der Waals surface area contributed by atoms with E-state index >= 15 is 0 Å². The summed E-state index contributed by atoms with van der Waals surface area (Å²) in [5.74, 6) is 2.15. The summed E-state index contributed by atoms with van der Waals surface area (Å²) in [4.78, 5) is 13.9. The SMILES string of the molecule is COc1cc(Cn2nc(-c3cccs3)n(C3CC3)c2=O)cc(OC)c1. The summed E-state index contributed by atoms with van der Waals surface area (Å²) in [6, 6.07) is 9.87. The predicted molar refractivity (Wildman–Crippen MR) is 96.7 cm³/mol. The van der Waals surface area contributed by atoms with Crippen LogP contribution in [0.15, 0.2) is 40.5 Å². The first-order valence-corrected chi connectivity index (χ1v) is 9.02. The molecule has 1 aromatic carbocycles. The third-order valence-electron chi connectivity index (χ3n) is 4.27. The van der Waals surface area contributed by atoms with Crippen molar-refractivity contribution in [1.29, 1.82) is 0 Å². The second kappa shape index (κ2) is 6.40. The second-order valence-electron chi connectivity index (χ2n) is 6.06. The number of ether oxygens (including phenoxy) is 2. The molecule has 4 rings (SSSR count). The fourth-order valence-corrected chi connectivity index (χ4v) is 3.59. The van der Waals surface area contributed by atoms with Crippen LogP contribution in [0.4, 0.5) is 0 Å². The van der Waals surface area contributed by atoms with E-state index in [0.717, 1.165) is 29.1 Å². The van der Waals surface area contributed by atoms with Gasteiger partial charge in [0.25, 0.3) is 0 Å². The number of hydrogen-bond acceptors (Lipinski definition) is 5. The largest absolute Gasteiger partial charge is 0.497 e. The van der Waals surface area contributed by atoms with Gasteiger partial charge in [-0.1, -0.05) is 6.07 Å². The van der Waals surface area contributed by atoms with Crippen LogP contribution >= 0.6 is 11.3 Å². The van der Waals surface area contributed by atoms with Gasteiger partial charge in [0.05, 0.1) is 25.6 Å². The number of thiophene rings is 1. The number of nitrogens with zero attached hydrogens (tertiary/aromatic N) is 3. The van der Waals surface area contributed by atoms with Gasteiger partial charge in [0.15, 0.2) is 5.82 Å². The molecule has 130 valence electrons. The van der Waals surface area contributed by atoms with Crippen molar-refractivity contribution in [2.24, 2.45) is 0 Å². The Balaban J connectivity index is 1.74. The molecule has 0 bridgehead atoms. The molecule has 1 aliphatic carbocycles. The van der Waals surface area contributed by atoms with Crippen LogP contribution in [0.25, 0.3) is 10.7 Å². The molecule has 1 aliphatic rings. The molecule has 6 nitrogen and oxygen atoms in total. The van der Waals surface area contributed by atoms with Crippen LogP contribution in [-0.2, 0) is 6.54 Å². The summed E-state index contributed by atoms with van der Waals surface area (Å²) in [5, 5.41) is 6.62. The summed E-state index contributed by atoms with van der Waals surface area (Å²) in [5.41, 5.74) is 0.851. The summed E-state index contributed by atoms with van der Waals surface area (Å²) in [7, 11) is 3.23. The number of methoxy groups -OCH3 is 2. The van der Waals surface area contributed by atoms with Crippen molar-refractivity contribution >= 4 is 11.3 Å². The predicted octanol–water partition coefficient (Wildman–Crippen LogP) is 3.17. The first-order chi connectivity index (χ1) is 12.2. The van der Waals surface area contributed by atoms with Crippen LogP contribution in [-0.4, -0.2) is 28.6 Å². The Labute approximate surface area is 149 Å². The molecule has 0 aliphatic heterocycles. The minimum atomic E-state index is -0.0623. The number of rotatable bonds is 6. The third kappa shape index (κ3) is 3.07. The van der Waals surface area contributed by atoms with Gasteiger partial charge in [-0.2, -0.15) is 0 Å². The van der Waals surface area contributed by atoms with Crippen molar-refractivity contribution in [3.05, 3.63) is 51.8 Å². The lowest BCUT2D eigenvalue weighted by molar-refractivity contribution is 0.393. The minimum Gasteiger partial charge on any atom is -0.497 e. The lowest BCUT2D eigenvalue weighted by Crippen LogP contribution is -2.25. The van der Waals surface area contributed by atoms with E-state index in [1.807, 2.05) is 40.3 Å². The van der Waals surface area contributed by atoms with E-state index in [1.165, 1.54) is 4.68 Å². The van der Waals surface area contributed by atoms with Crippen LogP contribution in [0.5, 0.6) is 11.5 Å². The zero-order valence-electron chi connectivity index (χ0n) is 14.1. The average molecular weight is 357 g/mol. The van der Waals surface area contributed by atoms with Gasteiger partial charge < -0.3 is 9.47 Å². The quantitative estimate of drug-likeness (QED) is 0.680. The molecule has 0 saturated heterocycles. The van der Waals surface area contributed by atoms with Gasteiger partial charge in [-0.3, -0.25) is 4.57 Å². The molecule has 25 heavy (non-hydrogen) atoms. The number of hydrogen-bond donors (Lipinski definition) is 0. The molecule has 0 N–H and O–H groups in total. The van der Waals surface area contributed by atoms with E-state index < -0.39 is 0 Å². The number of aromatic nitrogens is 3. The highest BCUT2D eigenvalue weighted by Crippen LogP contribution is 2.37. The molecule has 7 heteroatoms. The molecule has 0 spiro atoms. The Morgan fingerprint density at radius 3 is 2.48 bits per heavy atom. The van der Waals surface area contributed by atoms with E-state index in [9.17, 15) is 4.79 Å². The Morgan fingerprint density at radius 2 is 1.92 bits per heavy atom. The summed E-state index contributed by atoms with van der Waals surface area (Å²) in [6.07, 6.45) is 2.08. The molecule has 3 aromatic rings. The molecule has 0 unspecified atom stereocenters.